The molecule has 9 heteroatoms. The van der Waals surface area contributed by atoms with Crippen molar-refractivity contribution in [2.75, 3.05) is 32.2 Å². The number of nitro groups is 1. The van der Waals surface area contributed by atoms with Crippen molar-refractivity contribution in [2.45, 2.75) is 12.2 Å². The molecule has 2 atom stereocenters. The fourth-order valence-corrected chi connectivity index (χ4v) is 2.31. The molecule has 1 saturated heterocycles. The van der Waals surface area contributed by atoms with Gasteiger partial charge in [0, 0.05) is 33.4 Å². The second-order valence-corrected chi connectivity index (χ2v) is 4.58. The first kappa shape index (κ1) is 15.1. The van der Waals surface area contributed by atoms with E-state index in [0.717, 1.165) is 6.20 Å². The van der Waals surface area contributed by atoms with E-state index in [9.17, 15) is 14.9 Å². The van der Waals surface area contributed by atoms with E-state index < -0.39 is 16.6 Å². The number of carboxylic acid groups (broad SMARTS) is 1. The fourth-order valence-electron chi connectivity index (χ4n) is 2.31. The molecule has 21 heavy (non-hydrogen) atoms. The summed E-state index contributed by atoms with van der Waals surface area (Å²) in [4.78, 5) is 26.9. The van der Waals surface area contributed by atoms with Gasteiger partial charge in [0.15, 0.2) is 0 Å². The molecule has 9 nitrogen and oxygen atoms in total. The van der Waals surface area contributed by atoms with Gasteiger partial charge in [-0.3, -0.25) is 10.1 Å². The lowest BCUT2D eigenvalue weighted by atomic mass is 10.2. The Labute approximate surface area is 120 Å². The first-order chi connectivity index (χ1) is 9.97. The number of pyridine rings is 1. The smallest absolute Gasteiger partial charge is 0.342 e. The number of ether oxygens (including phenoxy) is 2. The Morgan fingerprint density at radius 1 is 1.43 bits per heavy atom. The number of methoxy groups -OCH3 is 2. The second-order valence-electron chi connectivity index (χ2n) is 4.58. The van der Waals surface area contributed by atoms with Gasteiger partial charge >= 0.3 is 11.7 Å². The fraction of sp³-hybridized carbons (Fsp3) is 0.500. The summed E-state index contributed by atoms with van der Waals surface area (Å²) in [7, 11) is 3.12. The quantitative estimate of drug-likeness (QED) is 0.618. The lowest BCUT2D eigenvalue weighted by molar-refractivity contribution is -0.385. The summed E-state index contributed by atoms with van der Waals surface area (Å²) < 4.78 is 10.6. The molecule has 1 aliphatic rings. The van der Waals surface area contributed by atoms with Gasteiger partial charge in [-0.2, -0.15) is 0 Å². The van der Waals surface area contributed by atoms with Crippen molar-refractivity contribution in [3.05, 3.63) is 27.9 Å². The van der Waals surface area contributed by atoms with Gasteiger partial charge in [0.2, 0.25) is 0 Å². The molecule has 1 fully saturated rings. The zero-order valence-corrected chi connectivity index (χ0v) is 11.6. The third kappa shape index (κ3) is 2.93. The summed E-state index contributed by atoms with van der Waals surface area (Å²) in [6.07, 6.45) is 0.626. The van der Waals surface area contributed by atoms with Crippen LogP contribution in [0.25, 0.3) is 0 Å². The van der Waals surface area contributed by atoms with Gasteiger partial charge in [0.25, 0.3) is 0 Å². The molecule has 0 bridgehead atoms. The minimum atomic E-state index is -1.36. The molecule has 0 saturated carbocycles. The van der Waals surface area contributed by atoms with Crippen molar-refractivity contribution in [3.8, 4) is 0 Å². The number of aromatic carboxylic acids is 1. The Morgan fingerprint density at radius 3 is 2.43 bits per heavy atom. The molecule has 1 N–H and O–H groups in total. The van der Waals surface area contributed by atoms with Crippen LogP contribution in [0.4, 0.5) is 11.5 Å². The van der Waals surface area contributed by atoms with Crippen LogP contribution in [0, 0.1) is 10.1 Å². The van der Waals surface area contributed by atoms with Crippen molar-refractivity contribution in [3.63, 3.8) is 0 Å². The summed E-state index contributed by atoms with van der Waals surface area (Å²) in [6.45, 7) is 0.942. The van der Waals surface area contributed by atoms with Crippen LogP contribution in [0.15, 0.2) is 12.3 Å². The van der Waals surface area contributed by atoms with Crippen LogP contribution in [-0.2, 0) is 9.47 Å². The first-order valence-electron chi connectivity index (χ1n) is 6.16. The van der Waals surface area contributed by atoms with E-state index in [1.807, 2.05) is 0 Å². The van der Waals surface area contributed by atoms with Crippen LogP contribution >= 0.6 is 0 Å². The van der Waals surface area contributed by atoms with E-state index in [-0.39, 0.29) is 17.8 Å². The third-order valence-electron chi connectivity index (χ3n) is 3.44. The SMILES string of the molecule is COC1CN(c2cc(C(=O)O)c([N+](=O)[O-])cn2)CC1OC. The lowest BCUT2D eigenvalue weighted by Gasteiger charge is -2.16. The summed E-state index contributed by atoms with van der Waals surface area (Å²) in [5.41, 5.74) is -0.920. The lowest BCUT2D eigenvalue weighted by Crippen LogP contribution is -2.27. The maximum atomic E-state index is 11.1. The molecule has 1 aliphatic heterocycles. The van der Waals surface area contributed by atoms with Gasteiger partial charge in [-0.15, -0.1) is 0 Å². The molecule has 114 valence electrons. The van der Waals surface area contributed by atoms with Crippen LogP contribution in [0.2, 0.25) is 0 Å². The van der Waals surface area contributed by atoms with Gasteiger partial charge in [0.05, 0.1) is 4.92 Å². The van der Waals surface area contributed by atoms with Crippen LogP contribution < -0.4 is 4.90 Å². The Balaban J connectivity index is 2.31. The normalized spacial score (nSPS) is 21.5. The topological polar surface area (TPSA) is 115 Å². The Kier molecular flexibility index (Phi) is 4.34. The van der Waals surface area contributed by atoms with E-state index in [1.54, 1.807) is 19.1 Å². The number of aromatic nitrogens is 1. The minimum absolute atomic E-state index is 0.166. The number of nitrogens with zero attached hydrogens (tertiary/aromatic N) is 3. The Bertz CT molecular complexity index is 552. The molecule has 1 aromatic heterocycles. The predicted molar refractivity (Wildman–Crippen MR) is 71.7 cm³/mol. The molecule has 2 rings (SSSR count). The van der Waals surface area contributed by atoms with Gasteiger partial charge in [0.1, 0.15) is 29.8 Å². The number of rotatable bonds is 5. The second kappa shape index (κ2) is 6.02. The third-order valence-corrected chi connectivity index (χ3v) is 3.44. The van der Waals surface area contributed by atoms with Crippen molar-refractivity contribution in [2.24, 2.45) is 0 Å². The van der Waals surface area contributed by atoms with Crippen LogP contribution in [0.5, 0.6) is 0 Å². The van der Waals surface area contributed by atoms with E-state index in [0.29, 0.717) is 18.9 Å². The molecule has 0 radical (unpaired) electrons. The summed E-state index contributed by atoms with van der Waals surface area (Å²) in [5, 5.41) is 19.9. The summed E-state index contributed by atoms with van der Waals surface area (Å²) in [5.74, 6) is -1.02. The molecule has 0 amide bonds. The van der Waals surface area contributed by atoms with Gasteiger partial charge < -0.3 is 19.5 Å². The number of anilines is 1. The van der Waals surface area contributed by atoms with Crippen molar-refractivity contribution in [1.29, 1.82) is 0 Å². The van der Waals surface area contributed by atoms with E-state index in [4.69, 9.17) is 14.6 Å². The van der Waals surface area contributed by atoms with E-state index >= 15 is 0 Å². The Morgan fingerprint density at radius 2 is 2.00 bits per heavy atom. The molecule has 2 unspecified atom stereocenters. The van der Waals surface area contributed by atoms with Gasteiger partial charge in [-0.1, -0.05) is 0 Å². The highest BCUT2D eigenvalue weighted by Gasteiger charge is 2.34. The Hall–Kier alpha value is -2.26. The molecule has 0 spiro atoms. The van der Waals surface area contributed by atoms with Crippen molar-refractivity contribution >= 4 is 17.5 Å². The van der Waals surface area contributed by atoms with Crippen LogP contribution in [0.1, 0.15) is 10.4 Å². The standard InChI is InChI=1S/C12H15N3O6/c1-20-9-5-14(6-10(9)21-2)11-3-7(12(16)17)8(4-13-11)15(18)19/h3-4,9-10H,5-6H2,1-2H3,(H,16,17). The number of hydrogen-bond acceptors (Lipinski definition) is 7. The van der Waals surface area contributed by atoms with Crippen LogP contribution in [-0.4, -0.2) is 60.5 Å². The zero-order chi connectivity index (χ0) is 15.6. The first-order valence-corrected chi connectivity index (χ1v) is 6.16. The summed E-state index contributed by atoms with van der Waals surface area (Å²) in [6, 6.07) is 1.20. The van der Waals surface area contributed by atoms with Crippen LogP contribution in [0.3, 0.4) is 0 Å². The highest BCUT2D eigenvalue weighted by Crippen LogP contribution is 2.26. The molecule has 0 aromatic carbocycles. The number of carbonyl (C=O) groups is 1. The predicted octanol–water partition coefficient (Wildman–Crippen LogP) is 0.538. The van der Waals surface area contributed by atoms with E-state index in [2.05, 4.69) is 4.98 Å². The van der Waals surface area contributed by atoms with Gasteiger partial charge in [-0.05, 0) is 0 Å². The van der Waals surface area contributed by atoms with E-state index in [1.165, 1.54) is 6.07 Å². The van der Waals surface area contributed by atoms with Crippen molar-refractivity contribution in [1.82, 2.24) is 4.98 Å². The maximum Gasteiger partial charge on any atom is 0.342 e. The molecule has 1 aromatic rings. The molecule has 0 aliphatic carbocycles. The number of hydrogen-bond donors (Lipinski definition) is 1. The monoisotopic (exact) mass is 297 g/mol. The minimum Gasteiger partial charge on any atom is -0.477 e. The average Bonchev–Trinajstić information content (AvgIpc) is 2.89. The zero-order valence-electron chi connectivity index (χ0n) is 11.6. The number of carboxylic acids is 1. The molecular weight excluding hydrogens is 282 g/mol. The van der Waals surface area contributed by atoms with Crippen molar-refractivity contribution < 1.29 is 24.3 Å². The summed E-state index contributed by atoms with van der Waals surface area (Å²) >= 11 is 0. The largest absolute Gasteiger partial charge is 0.477 e. The highest BCUT2D eigenvalue weighted by molar-refractivity contribution is 5.93. The highest BCUT2D eigenvalue weighted by atomic mass is 16.6. The van der Waals surface area contributed by atoms with Gasteiger partial charge in [-0.25, -0.2) is 9.78 Å². The maximum absolute atomic E-state index is 11.1. The molecule has 2 heterocycles. The molecular formula is C12H15N3O6. The average molecular weight is 297 g/mol.